The highest BCUT2D eigenvalue weighted by Crippen LogP contribution is 2.29. The lowest BCUT2D eigenvalue weighted by atomic mass is 9.97. The number of pyridine rings is 2. The van der Waals surface area contributed by atoms with Gasteiger partial charge in [0.1, 0.15) is 11.6 Å². The summed E-state index contributed by atoms with van der Waals surface area (Å²) in [6.07, 6.45) is 6.68. The average molecular weight is 555 g/mol. The zero-order chi connectivity index (χ0) is 28.3. The molecule has 1 fully saturated rings. The van der Waals surface area contributed by atoms with Crippen LogP contribution in [-0.2, 0) is 11.8 Å². The lowest BCUT2D eigenvalue weighted by Crippen LogP contribution is -2.44. The second kappa shape index (κ2) is 11.9. The first kappa shape index (κ1) is 27.9. The number of anilines is 3. The van der Waals surface area contributed by atoms with Crippen LogP contribution in [0.15, 0.2) is 61.1 Å². The van der Waals surface area contributed by atoms with Gasteiger partial charge in [0.25, 0.3) is 0 Å². The van der Waals surface area contributed by atoms with E-state index in [1.807, 2.05) is 30.6 Å². The maximum Gasteiger partial charge on any atom is 0.174 e. The van der Waals surface area contributed by atoms with E-state index in [2.05, 4.69) is 89.1 Å². The van der Waals surface area contributed by atoms with Crippen molar-refractivity contribution in [3.05, 3.63) is 82.1 Å². The number of carbonyl (C=O) groups is 1. The van der Waals surface area contributed by atoms with Gasteiger partial charge in [0.2, 0.25) is 0 Å². The molecular weight excluding hydrogens is 516 g/mol. The van der Waals surface area contributed by atoms with Crippen molar-refractivity contribution in [2.75, 3.05) is 43.4 Å². The predicted molar refractivity (Wildman–Crippen MR) is 165 cm³/mol. The second-order valence-corrected chi connectivity index (χ2v) is 12.6. The molecule has 5 rings (SSSR count). The molecule has 208 valence electrons. The molecule has 4 aromatic rings. The number of benzene rings is 1. The first-order chi connectivity index (χ1) is 19.2. The summed E-state index contributed by atoms with van der Waals surface area (Å²) in [7, 11) is 2.16. The number of likely N-dealkylation sites (N-methyl/N-ethyl adjacent to an activating group) is 1. The summed E-state index contributed by atoms with van der Waals surface area (Å²) in [5.74, 6) is 1.68. The van der Waals surface area contributed by atoms with Crippen molar-refractivity contribution in [3.63, 3.8) is 0 Å². The van der Waals surface area contributed by atoms with Gasteiger partial charge >= 0.3 is 0 Å². The fraction of sp³-hybridized carbons (Fsp3) is 0.375. The Morgan fingerprint density at radius 1 is 0.925 bits per heavy atom. The van der Waals surface area contributed by atoms with E-state index >= 15 is 0 Å². The van der Waals surface area contributed by atoms with Gasteiger partial charge < -0.3 is 15.1 Å². The zero-order valence-corrected chi connectivity index (χ0v) is 24.9. The van der Waals surface area contributed by atoms with Crippen molar-refractivity contribution in [1.82, 2.24) is 19.9 Å². The van der Waals surface area contributed by atoms with Gasteiger partial charge in [-0.05, 0) is 66.9 Å². The molecule has 1 N–H and O–H groups in total. The van der Waals surface area contributed by atoms with Crippen molar-refractivity contribution in [1.29, 1.82) is 0 Å². The van der Waals surface area contributed by atoms with Crippen LogP contribution in [0.4, 0.5) is 17.3 Å². The second-order valence-electron chi connectivity index (χ2n) is 11.6. The summed E-state index contributed by atoms with van der Waals surface area (Å²) < 4.78 is 0. The maximum atomic E-state index is 12.8. The molecule has 1 saturated heterocycles. The number of ketones is 1. The number of aryl methyl sites for hydroxylation is 2. The number of piperazine rings is 1. The Labute approximate surface area is 241 Å². The third-order valence-corrected chi connectivity index (χ3v) is 8.82. The molecule has 7 nitrogen and oxygen atoms in total. The molecule has 1 aromatic carbocycles. The van der Waals surface area contributed by atoms with Gasteiger partial charge in [0, 0.05) is 50.4 Å². The lowest BCUT2D eigenvalue weighted by Gasteiger charge is -2.33. The molecule has 0 amide bonds. The number of carbonyl (C=O) groups excluding carboxylic acids is 1. The summed E-state index contributed by atoms with van der Waals surface area (Å²) in [6.45, 7) is 12.7. The zero-order valence-electron chi connectivity index (χ0n) is 24.1. The number of hydrogen-bond donors (Lipinski definition) is 1. The van der Waals surface area contributed by atoms with Crippen LogP contribution in [0.3, 0.4) is 0 Å². The van der Waals surface area contributed by atoms with E-state index < -0.39 is 0 Å². The Kier molecular flexibility index (Phi) is 8.28. The van der Waals surface area contributed by atoms with E-state index in [0.29, 0.717) is 12.8 Å². The van der Waals surface area contributed by atoms with E-state index in [9.17, 15) is 4.79 Å². The number of nitrogens with zero attached hydrogens (tertiary/aromatic N) is 5. The summed E-state index contributed by atoms with van der Waals surface area (Å²) in [6, 6.07) is 14.6. The van der Waals surface area contributed by atoms with Crippen LogP contribution in [0.5, 0.6) is 0 Å². The summed E-state index contributed by atoms with van der Waals surface area (Å²) in [5, 5.41) is 4.35. The summed E-state index contributed by atoms with van der Waals surface area (Å²) in [5.41, 5.74) is 5.68. The summed E-state index contributed by atoms with van der Waals surface area (Å²) >= 11 is 1.52. The van der Waals surface area contributed by atoms with Crippen molar-refractivity contribution in [3.8, 4) is 11.1 Å². The highest BCUT2D eigenvalue weighted by Gasteiger charge is 2.20. The van der Waals surface area contributed by atoms with Crippen molar-refractivity contribution in [2.24, 2.45) is 0 Å². The first-order valence-electron chi connectivity index (χ1n) is 13.9. The van der Waals surface area contributed by atoms with Crippen LogP contribution >= 0.6 is 11.3 Å². The van der Waals surface area contributed by atoms with Crippen LogP contribution in [0.25, 0.3) is 11.1 Å². The van der Waals surface area contributed by atoms with Gasteiger partial charge in [-0.3, -0.25) is 4.79 Å². The number of Topliss-reactive ketones (excluding diaryl/α,β-unsaturated/α-hetero) is 1. The highest BCUT2D eigenvalue weighted by molar-refractivity contribution is 7.13. The average Bonchev–Trinajstić information content (AvgIpc) is 3.45. The van der Waals surface area contributed by atoms with E-state index in [0.717, 1.165) is 64.5 Å². The van der Waals surface area contributed by atoms with Crippen LogP contribution in [0.1, 0.15) is 53.0 Å². The molecule has 40 heavy (non-hydrogen) atoms. The van der Waals surface area contributed by atoms with E-state index in [1.54, 1.807) is 6.20 Å². The minimum absolute atomic E-state index is 0.0380. The normalized spacial score (nSPS) is 14.4. The Balaban J connectivity index is 1.21. The molecule has 3 aromatic heterocycles. The SMILES string of the molecule is Cc1cc(-c2ccnc(Nc3ccc(N4CCN(C)CC4)cn3)c2)ccc1CCC(=O)c1cnc(C(C)(C)C)s1. The fourth-order valence-corrected chi connectivity index (χ4v) is 5.74. The Bertz CT molecular complexity index is 1470. The topological polar surface area (TPSA) is 74.2 Å². The standard InChI is InChI=1S/C32H38N6OS/c1-22-18-24(7-6-23(22)8-10-27(39)28-21-35-31(40-28)32(2,3)4)25-12-13-33-30(19-25)36-29-11-9-26(20-34-29)38-16-14-37(5)15-17-38/h6-7,9,11-13,18-21H,8,10,14-17H2,1-5H3,(H,33,34,36). The number of nitrogens with one attached hydrogen (secondary N) is 1. The minimum atomic E-state index is -0.0380. The largest absolute Gasteiger partial charge is 0.368 e. The molecular formula is C32H38N6OS. The van der Waals surface area contributed by atoms with Crippen LogP contribution in [0.2, 0.25) is 0 Å². The Hall–Kier alpha value is -3.62. The lowest BCUT2D eigenvalue weighted by molar-refractivity contribution is 0.0986. The van der Waals surface area contributed by atoms with Gasteiger partial charge in [-0.15, -0.1) is 11.3 Å². The van der Waals surface area contributed by atoms with E-state index in [1.165, 1.54) is 22.5 Å². The molecule has 4 heterocycles. The van der Waals surface area contributed by atoms with Crippen LogP contribution in [-0.4, -0.2) is 58.9 Å². The number of thiazole rings is 1. The van der Waals surface area contributed by atoms with Crippen molar-refractivity contribution >= 4 is 34.4 Å². The number of hydrogen-bond acceptors (Lipinski definition) is 8. The molecule has 0 saturated carbocycles. The van der Waals surface area contributed by atoms with Gasteiger partial charge in [-0.25, -0.2) is 15.0 Å². The third kappa shape index (κ3) is 6.74. The molecule has 8 heteroatoms. The molecule has 0 bridgehead atoms. The van der Waals surface area contributed by atoms with Crippen molar-refractivity contribution < 1.29 is 4.79 Å². The summed E-state index contributed by atoms with van der Waals surface area (Å²) in [4.78, 5) is 31.9. The van der Waals surface area contributed by atoms with Gasteiger partial charge in [-0.1, -0.05) is 39.0 Å². The Morgan fingerprint density at radius 3 is 2.38 bits per heavy atom. The smallest absolute Gasteiger partial charge is 0.174 e. The monoisotopic (exact) mass is 554 g/mol. The molecule has 0 radical (unpaired) electrons. The van der Waals surface area contributed by atoms with Gasteiger partial charge in [0.05, 0.1) is 21.8 Å². The minimum Gasteiger partial charge on any atom is -0.368 e. The number of rotatable bonds is 8. The molecule has 0 spiro atoms. The van der Waals surface area contributed by atoms with Crippen molar-refractivity contribution in [2.45, 2.75) is 46.0 Å². The van der Waals surface area contributed by atoms with Crippen LogP contribution in [0, 0.1) is 6.92 Å². The third-order valence-electron chi connectivity index (χ3n) is 7.35. The molecule has 1 aliphatic rings. The predicted octanol–water partition coefficient (Wildman–Crippen LogP) is 6.52. The van der Waals surface area contributed by atoms with E-state index in [4.69, 9.17) is 0 Å². The maximum absolute atomic E-state index is 12.8. The number of aromatic nitrogens is 3. The molecule has 1 aliphatic heterocycles. The van der Waals surface area contributed by atoms with E-state index in [-0.39, 0.29) is 11.2 Å². The van der Waals surface area contributed by atoms with Crippen LogP contribution < -0.4 is 10.2 Å². The van der Waals surface area contributed by atoms with Gasteiger partial charge in [0.15, 0.2) is 5.78 Å². The molecule has 0 unspecified atom stereocenters. The Morgan fingerprint density at radius 2 is 1.70 bits per heavy atom. The highest BCUT2D eigenvalue weighted by atomic mass is 32.1. The fourth-order valence-electron chi connectivity index (χ4n) is 4.80. The van der Waals surface area contributed by atoms with Gasteiger partial charge in [-0.2, -0.15) is 0 Å². The molecule has 0 aliphatic carbocycles. The first-order valence-corrected chi connectivity index (χ1v) is 14.7. The quantitative estimate of drug-likeness (QED) is 0.249. The molecule has 0 atom stereocenters.